The fourth-order valence-corrected chi connectivity index (χ4v) is 2.00. The third kappa shape index (κ3) is 1.76. The number of benzene rings is 1. The summed E-state index contributed by atoms with van der Waals surface area (Å²) < 4.78 is 3.52. The topological polar surface area (TPSA) is 72.6 Å². The lowest BCUT2D eigenvalue weighted by Gasteiger charge is -2.10. The number of hydrogen-bond acceptors (Lipinski definition) is 3. The molecule has 2 aromatic heterocycles. The van der Waals surface area contributed by atoms with Crippen LogP contribution in [0.25, 0.3) is 11.5 Å². The second kappa shape index (κ2) is 4.35. The van der Waals surface area contributed by atoms with Gasteiger partial charge < -0.3 is 10.3 Å². The minimum absolute atomic E-state index is 0.499. The van der Waals surface area contributed by atoms with Crippen molar-refractivity contribution in [3.8, 4) is 17.6 Å². The van der Waals surface area contributed by atoms with E-state index in [9.17, 15) is 5.26 Å². The number of para-hydroxylation sites is 2. The Bertz CT molecular complexity index is 746. The van der Waals surface area contributed by atoms with Gasteiger partial charge >= 0.3 is 0 Å². The molecule has 3 aromatic rings. The molecule has 19 heavy (non-hydrogen) atoms. The molecule has 5 heteroatoms. The zero-order valence-corrected chi connectivity index (χ0v) is 10.1. The van der Waals surface area contributed by atoms with Gasteiger partial charge in [0.1, 0.15) is 11.6 Å². The molecule has 0 saturated carbocycles. The molecule has 0 unspecified atom stereocenters. The van der Waals surface area contributed by atoms with Crippen LogP contribution >= 0.6 is 0 Å². The molecule has 2 heterocycles. The van der Waals surface area contributed by atoms with Crippen LogP contribution in [0, 0.1) is 11.3 Å². The Labute approximate surface area is 110 Å². The summed E-state index contributed by atoms with van der Waals surface area (Å²) in [6, 6.07) is 13.4. The molecule has 1 aromatic carbocycles. The van der Waals surface area contributed by atoms with Gasteiger partial charge in [-0.15, -0.1) is 0 Å². The molecule has 5 nitrogen and oxygen atoms in total. The molecule has 0 saturated heterocycles. The summed E-state index contributed by atoms with van der Waals surface area (Å²) in [6.07, 6.45) is 5.28. The van der Waals surface area contributed by atoms with E-state index in [1.165, 1.54) is 0 Å². The number of nitriles is 1. The van der Waals surface area contributed by atoms with E-state index in [2.05, 4.69) is 11.2 Å². The van der Waals surface area contributed by atoms with Gasteiger partial charge in [-0.3, -0.25) is 0 Å². The average Bonchev–Trinajstić information content (AvgIpc) is 3.07. The number of hydrogen-bond donors (Lipinski definition) is 1. The molecule has 0 atom stereocenters. The van der Waals surface area contributed by atoms with Crippen molar-refractivity contribution >= 4 is 5.69 Å². The van der Waals surface area contributed by atoms with Crippen LogP contribution in [0.15, 0.2) is 55.0 Å². The zero-order chi connectivity index (χ0) is 13.2. The predicted octanol–water partition coefficient (Wildman–Crippen LogP) is 2.12. The van der Waals surface area contributed by atoms with Crippen LogP contribution in [0.4, 0.5) is 5.69 Å². The molecule has 0 bridgehead atoms. The normalized spacial score (nSPS) is 10.3. The molecule has 0 spiro atoms. The molecule has 0 radical (unpaired) electrons. The summed E-state index contributed by atoms with van der Waals surface area (Å²) in [5, 5.41) is 13.5. The molecule has 2 N–H and O–H groups in total. The second-order valence-corrected chi connectivity index (χ2v) is 4.05. The van der Waals surface area contributed by atoms with Crippen molar-refractivity contribution in [3.05, 3.63) is 60.6 Å². The number of nitrogens with zero attached hydrogens (tertiary/aromatic N) is 4. The lowest BCUT2D eigenvalue weighted by atomic mass is 10.2. The van der Waals surface area contributed by atoms with E-state index in [1.807, 2.05) is 53.4 Å². The van der Waals surface area contributed by atoms with Crippen molar-refractivity contribution in [1.82, 2.24) is 14.3 Å². The zero-order valence-electron chi connectivity index (χ0n) is 10.1. The lowest BCUT2D eigenvalue weighted by molar-refractivity contribution is 0.825. The van der Waals surface area contributed by atoms with Gasteiger partial charge in [-0.1, -0.05) is 12.1 Å². The van der Waals surface area contributed by atoms with E-state index in [0.717, 1.165) is 5.69 Å². The average molecular weight is 249 g/mol. The van der Waals surface area contributed by atoms with Gasteiger partial charge in [0.2, 0.25) is 0 Å². The van der Waals surface area contributed by atoms with Crippen molar-refractivity contribution in [2.75, 3.05) is 5.73 Å². The predicted molar refractivity (Wildman–Crippen MR) is 72.0 cm³/mol. The van der Waals surface area contributed by atoms with Crippen LogP contribution < -0.4 is 5.73 Å². The summed E-state index contributed by atoms with van der Waals surface area (Å²) in [7, 11) is 0. The largest absolute Gasteiger partial charge is 0.397 e. The van der Waals surface area contributed by atoms with Crippen molar-refractivity contribution in [1.29, 1.82) is 5.26 Å². The fraction of sp³-hybridized carbons (Fsp3) is 0. The van der Waals surface area contributed by atoms with Gasteiger partial charge in [0.05, 0.1) is 17.6 Å². The van der Waals surface area contributed by atoms with E-state index in [4.69, 9.17) is 5.73 Å². The van der Waals surface area contributed by atoms with Gasteiger partial charge in [-0.2, -0.15) is 10.4 Å². The maximum atomic E-state index is 9.20. The van der Waals surface area contributed by atoms with Gasteiger partial charge in [0, 0.05) is 12.4 Å². The maximum absolute atomic E-state index is 9.20. The fourth-order valence-electron chi connectivity index (χ4n) is 2.00. The molecule has 0 aliphatic carbocycles. The Hall–Kier alpha value is -3.00. The lowest BCUT2D eigenvalue weighted by Crippen LogP contribution is -2.07. The summed E-state index contributed by atoms with van der Waals surface area (Å²) in [4.78, 5) is 0. The molecular weight excluding hydrogens is 238 g/mol. The van der Waals surface area contributed by atoms with Crippen molar-refractivity contribution in [3.63, 3.8) is 0 Å². The first-order valence-corrected chi connectivity index (χ1v) is 5.77. The third-order valence-corrected chi connectivity index (χ3v) is 2.88. The Morgan fingerprint density at radius 2 is 1.84 bits per heavy atom. The number of rotatable bonds is 2. The molecule has 3 rings (SSSR count). The van der Waals surface area contributed by atoms with E-state index in [0.29, 0.717) is 17.1 Å². The minimum atomic E-state index is 0.499. The van der Waals surface area contributed by atoms with Crippen molar-refractivity contribution in [2.45, 2.75) is 0 Å². The summed E-state index contributed by atoms with van der Waals surface area (Å²) >= 11 is 0. The van der Waals surface area contributed by atoms with Crippen LogP contribution in [0.5, 0.6) is 0 Å². The monoisotopic (exact) mass is 249 g/mol. The second-order valence-electron chi connectivity index (χ2n) is 4.05. The Balaban J connectivity index is 2.27. The van der Waals surface area contributed by atoms with Gasteiger partial charge in [0.15, 0.2) is 5.82 Å². The third-order valence-electron chi connectivity index (χ3n) is 2.88. The number of nitrogen functional groups attached to an aromatic ring is 1. The Morgan fingerprint density at radius 1 is 1.11 bits per heavy atom. The first-order valence-electron chi connectivity index (χ1n) is 5.77. The summed E-state index contributed by atoms with van der Waals surface area (Å²) in [5.41, 5.74) is 7.84. The molecular formula is C14H11N5. The van der Waals surface area contributed by atoms with E-state index in [1.54, 1.807) is 10.9 Å². The summed E-state index contributed by atoms with van der Waals surface area (Å²) in [5.74, 6) is 0.686. The molecule has 0 amide bonds. The number of nitrogens with two attached hydrogens (primary N) is 1. The quantitative estimate of drug-likeness (QED) is 0.707. The van der Waals surface area contributed by atoms with Crippen molar-refractivity contribution in [2.24, 2.45) is 0 Å². The van der Waals surface area contributed by atoms with Gasteiger partial charge in [-0.25, -0.2) is 4.68 Å². The Kier molecular flexibility index (Phi) is 2.54. The minimum Gasteiger partial charge on any atom is -0.397 e. The molecule has 0 aliphatic heterocycles. The molecule has 92 valence electrons. The Morgan fingerprint density at radius 3 is 2.53 bits per heavy atom. The first-order chi connectivity index (χ1) is 9.31. The van der Waals surface area contributed by atoms with Crippen LogP contribution in [0.3, 0.4) is 0 Å². The van der Waals surface area contributed by atoms with E-state index in [-0.39, 0.29) is 0 Å². The highest BCUT2D eigenvalue weighted by Crippen LogP contribution is 2.22. The van der Waals surface area contributed by atoms with Gasteiger partial charge in [0.25, 0.3) is 0 Å². The maximum Gasteiger partial charge on any atom is 0.158 e. The summed E-state index contributed by atoms with van der Waals surface area (Å²) in [6.45, 7) is 0. The highest BCUT2D eigenvalue weighted by Gasteiger charge is 2.14. The molecule has 0 aliphatic rings. The number of anilines is 1. The first kappa shape index (κ1) is 11.1. The van der Waals surface area contributed by atoms with E-state index >= 15 is 0 Å². The van der Waals surface area contributed by atoms with Crippen LogP contribution in [-0.4, -0.2) is 14.3 Å². The van der Waals surface area contributed by atoms with Crippen molar-refractivity contribution < 1.29 is 0 Å². The van der Waals surface area contributed by atoms with Crippen LogP contribution in [-0.2, 0) is 0 Å². The smallest absolute Gasteiger partial charge is 0.158 e. The highest BCUT2D eigenvalue weighted by atomic mass is 15.3. The highest BCUT2D eigenvalue weighted by molar-refractivity contribution is 5.60. The van der Waals surface area contributed by atoms with E-state index < -0.39 is 0 Å². The molecule has 0 fully saturated rings. The van der Waals surface area contributed by atoms with Gasteiger partial charge in [-0.05, 0) is 24.3 Å². The standard InChI is InChI=1S/C14H11N5/c15-9-11-10-17-19(13-6-2-1-5-12(13)16)14(11)18-7-3-4-8-18/h1-8,10H,16H2. The van der Waals surface area contributed by atoms with Crippen LogP contribution in [0.1, 0.15) is 5.56 Å². The number of aromatic nitrogens is 3. The van der Waals surface area contributed by atoms with Crippen LogP contribution in [0.2, 0.25) is 0 Å². The SMILES string of the molecule is N#Cc1cnn(-c2ccccc2N)c1-n1cccc1.